The van der Waals surface area contributed by atoms with Crippen LogP contribution in [0.25, 0.3) is 11.3 Å². The van der Waals surface area contributed by atoms with Gasteiger partial charge in [0.25, 0.3) is 0 Å². The number of hydrogen-bond donors (Lipinski definition) is 3. The Kier molecular flexibility index (Phi) is 6.78. The molecule has 10 heteroatoms. The summed E-state index contributed by atoms with van der Waals surface area (Å²) in [5.74, 6) is 0.309. The summed E-state index contributed by atoms with van der Waals surface area (Å²) in [5.41, 5.74) is 2.56. The third kappa shape index (κ3) is 5.83. The van der Waals surface area contributed by atoms with Crippen molar-refractivity contribution in [2.75, 3.05) is 23.8 Å². The largest absolute Gasteiger partial charge is 0.573 e. The highest BCUT2D eigenvalue weighted by atomic mass is 79.9. The number of alkyl halides is 3. The number of halogens is 4. The van der Waals surface area contributed by atoms with Gasteiger partial charge in [0.15, 0.2) is 0 Å². The molecular formula is C20H18BrF3N4O2. The van der Waals surface area contributed by atoms with Crippen LogP contribution in [0.4, 0.5) is 30.6 Å². The predicted octanol–water partition coefficient (Wildman–Crippen LogP) is 5.26. The number of benzene rings is 2. The number of aliphatic hydroxyl groups is 1. The molecule has 30 heavy (non-hydrogen) atoms. The lowest BCUT2D eigenvalue weighted by Gasteiger charge is -2.14. The molecule has 0 fully saturated rings. The normalized spacial score (nSPS) is 11.3. The molecule has 6 nitrogen and oxygen atoms in total. The van der Waals surface area contributed by atoms with E-state index < -0.39 is 6.36 Å². The Morgan fingerprint density at radius 1 is 1.10 bits per heavy atom. The summed E-state index contributed by atoms with van der Waals surface area (Å²) < 4.78 is 42.6. The molecule has 158 valence electrons. The first-order valence-corrected chi connectivity index (χ1v) is 9.66. The van der Waals surface area contributed by atoms with Crippen LogP contribution < -0.4 is 15.4 Å². The lowest BCUT2D eigenvalue weighted by molar-refractivity contribution is -0.274. The third-order valence-electron chi connectivity index (χ3n) is 4.01. The molecular weight excluding hydrogens is 465 g/mol. The van der Waals surface area contributed by atoms with Gasteiger partial charge in [-0.25, -0.2) is 4.98 Å². The Morgan fingerprint density at radius 3 is 2.60 bits per heavy atom. The van der Waals surface area contributed by atoms with E-state index in [-0.39, 0.29) is 24.8 Å². The summed E-state index contributed by atoms with van der Waals surface area (Å²) in [6, 6.07) is 12.8. The summed E-state index contributed by atoms with van der Waals surface area (Å²) in [6.07, 6.45) is -4.79. The Balaban J connectivity index is 1.99. The van der Waals surface area contributed by atoms with Crippen LogP contribution in [0.1, 0.15) is 5.56 Å². The van der Waals surface area contributed by atoms with Crippen molar-refractivity contribution in [3.05, 3.63) is 58.6 Å². The van der Waals surface area contributed by atoms with Crippen LogP contribution in [0.2, 0.25) is 0 Å². The predicted molar refractivity (Wildman–Crippen MR) is 112 cm³/mol. The molecule has 0 atom stereocenters. The average Bonchev–Trinajstić information content (AvgIpc) is 2.69. The summed E-state index contributed by atoms with van der Waals surface area (Å²) in [6.45, 7) is 2.02. The Hall–Kier alpha value is -2.85. The summed E-state index contributed by atoms with van der Waals surface area (Å²) in [4.78, 5) is 8.71. The van der Waals surface area contributed by atoms with Gasteiger partial charge in [0.2, 0.25) is 5.95 Å². The first kappa shape index (κ1) is 21.8. The zero-order valence-electron chi connectivity index (χ0n) is 15.8. The van der Waals surface area contributed by atoms with Crippen molar-refractivity contribution >= 4 is 33.4 Å². The third-order valence-corrected chi connectivity index (χ3v) is 4.87. The fourth-order valence-electron chi connectivity index (χ4n) is 2.64. The van der Waals surface area contributed by atoms with E-state index in [1.807, 2.05) is 25.1 Å². The highest BCUT2D eigenvalue weighted by Gasteiger charge is 2.31. The molecule has 0 bridgehead atoms. The van der Waals surface area contributed by atoms with Crippen LogP contribution in [-0.4, -0.2) is 34.6 Å². The minimum absolute atomic E-state index is 0.129. The number of nitrogens with one attached hydrogen (secondary N) is 2. The summed E-state index contributed by atoms with van der Waals surface area (Å²) >= 11 is 3.47. The van der Waals surface area contributed by atoms with Crippen molar-refractivity contribution in [2.24, 2.45) is 0 Å². The van der Waals surface area contributed by atoms with Crippen LogP contribution >= 0.6 is 15.9 Å². The molecule has 0 unspecified atom stereocenters. The van der Waals surface area contributed by atoms with Crippen molar-refractivity contribution in [3.63, 3.8) is 0 Å². The monoisotopic (exact) mass is 482 g/mol. The molecule has 1 aromatic heterocycles. The average molecular weight is 483 g/mol. The van der Waals surface area contributed by atoms with Crippen molar-refractivity contribution < 1.29 is 23.0 Å². The van der Waals surface area contributed by atoms with Gasteiger partial charge in [-0.3, -0.25) is 0 Å². The van der Waals surface area contributed by atoms with Crippen LogP contribution in [0.15, 0.2) is 53.0 Å². The Bertz CT molecular complexity index is 1030. The molecule has 0 aliphatic carbocycles. The molecule has 1 heterocycles. The number of aromatic nitrogens is 2. The van der Waals surface area contributed by atoms with Gasteiger partial charge in [0, 0.05) is 28.3 Å². The molecule has 0 amide bonds. The van der Waals surface area contributed by atoms with E-state index in [1.54, 1.807) is 12.1 Å². The van der Waals surface area contributed by atoms with E-state index in [1.165, 1.54) is 18.2 Å². The molecule has 0 saturated carbocycles. The SMILES string of the molecule is Cc1c(Br)cccc1Nc1cc(-c2cccc(OC(F)(F)F)c2)nc(NCCO)n1. The molecule has 3 aromatic rings. The lowest BCUT2D eigenvalue weighted by atomic mass is 10.1. The standard InChI is InChI=1S/C20H18BrF3N4O2/c1-12-15(21)6-3-7-16(12)26-18-11-17(27-19(28-18)25-8-9-29)13-4-2-5-14(10-13)30-20(22,23)24/h2-7,10-11,29H,8-9H2,1H3,(H2,25,26,27,28). The van der Waals surface area contributed by atoms with Gasteiger partial charge in [0.05, 0.1) is 12.3 Å². The van der Waals surface area contributed by atoms with Crippen molar-refractivity contribution in [1.82, 2.24) is 9.97 Å². The van der Waals surface area contributed by atoms with Gasteiger partial charge < -0.3 is 20.5 Å². The number of rotatable bonds is 7. The molecule has 0 spiro atoms. The smallest absolute Gasteiger partial charge is 0.406 e. The van der Waals surface area contributed by atoms with E-state index in [0.717, 1.165) is 15.7 Å². The molecule has 0 aliphatic heterocycles. The fraction of sp³-hybridized carbons (Fsp3) is 0.200. The van der Waals surface area contributed by atoms with E-state index in [2.05, 4.69) is 41.3 Å². The minimum Gasteiger partial charge on any atom is -0.406 e. The maximum atomic E-state index is 12.6. The van der Waals surface area contributed by atoms with Crippen LogP contribution in [0.3, 0.4) is 0 Å². The summed E-state index contributed by atoms with van der Waals surface area (Å²) in [5, 5.41) is 15.1. The Morgan fingerprint density at radius 2 is 1.87 bits per heavy atom. The highest BCUT2D eigenvalue weighted by Crippen LogP contribution is 2.30. The minimum atomic E-state index is -4.79. The molecule has 2 aromatic carbocycles. The summed E-state index contributed by atoms with van der Waals surface area (Å²) in [7, 11) is 0. The van der Waals surface area contributed by atoms with Gasteiger partial charge >= 0.3 is 6.36 Å². The van der Waals surface area contributed by atoms with E-state index in [0.29, 0.717) is 17.1 Å². The van der Waals surface area contributed by atoms with Crippen molar-refractivity contribution in [1.29, 1.82) is 0 Å². The number of aliphatic hydroxyl groups excluding tert-OH is 1. The van der Waals surface area contributed by atoms with E-state index >= 15 is 0 Å². The number of nitrogens with zero attached hydrogens (tertiary/aromatic N) is 2. The first-order valence-electron chi connectivity index (χ1n) is 8.87. The lowest BCUT2D eigenvalue weighted by Crippen LogP contribution is -2.17. The second kappa shape index (κ2) is 9.31. The first-order chi connectivity index (χ1) is 14.2. The number of ether oxygens (including phenoxy) is 1. The number of anilines is 3. The zero-order valence-corrected chi connectivity index (χ0v) is 17.4. The van der Waals surface area contributed by atoms with E-state index in [9.17, 15) is 13.2 Å². The maximum absolute atomic E-state index is 12.6. The molecule has 0 saturated heterocycles. The van der Waals surface area contributed by atoms with Crippen LogP contribution in [-0.2, 0) is 0 Å². The van der Waals surface area contributed by atoms with Crippen molar-refractivity contribution in [2.45, 2.75) is 13.3 Å². The van der Waals surface area contributed by atoms with Gasteiger partial charge in [-0.2, -0.15) is 4.98 Å². The van der Waals surface area contributed by atoms with Crippen LogP contribution in [0.5, 0.6) is 5.75 Å². The molecule has 0 aliphatic rings. The van der Waals surface area contributed by atoms with E-state index in [4.69, 9.17) is 5.11 Å². The topological polar surface area (TPSA) is 79.3 Å². The maximum Gasteiger partial charge on any atom is 0.573 e. The van der Waals surface area contributed by atoms with Gasteiger partial charge in [-0.15, -0.1) is 13.2 Å². The molecule has 0 radical (unpaired) electrons. The number of hydrogen-bond acceptors (Lipinski definition) is 6. The quantitative estimate of drug-likeness (QED) is 0.426. The second-order valence-electron chi connectivity index (χ2n) is 6.23. The molecule has 3 N–H and O–H groups in total. The highest BCUT2D eigenvalue weighted by molar-refractivity contribution is 9.10. The molecule has 3 rings (SSSR count). The Labute approximate surface area is 179 Å². The van der Waals surface area contributed by atoms with Gasteiger partial charge in [-0.1, -0.05) is 34.1 Å². The fourth-order valence-corrected chi connectivity index (χ4v) is 3.01. The van der Waals surface area contributed by atoms with Gasteiger partial charge in [-0.05, 0) is 36.8 Å². The van der Waals surface area contributed by atoms with Crippen LogP contribution in [0, 0.1) is 6.92 Å². The van der Waals surface area contributed by atoms with Crippen molar-refractivity contribution in [3.8, 4) is 17.0 Å². The second-order valence-corrected chi connectivity index (χ2v) is 7.08. The van der Waals surface area contributed by atoms with Gasteiger partial charge in [0.1, 0.15) is 11.6 Å². The zero-order chi connectivity index (χ0) is 21.7.